The number of nitrogens with zero attached hydrogens (tertiary/aromatic N) is 2. The maximum absolute atomic E-state index is 9.59. The Morgan fingerprint density at radius 1 is 0.806 bits per heavy atom. The summed E-state index contributed by atoms with van der Waals surface area (Å²) in [6.07, 6.45) is 1.88. The minimum Gasteiger partial charge on any atom is -0.296 e. The fourth-order valence-electron chi connectivity index (χ4n) is 5.51. The Morgan fingerprint density at radius 2 is 1.52 bits per heavy atom. The van der Waals surface area contributed by atoms with E-state index in [1.165, 1.54) is 38.9 Å². The maximum atomic E-state index is 9.59. The van der Waals surface area contributed by atoms with Crippen LogP contribution in [0, 0.1) is 11.3 Å². The molecule has 0 heterocycles. The number of rotatable bonds is 1. The van der Waals surface area contributed by atoms with Crippen molar-refractivity contribution in [2.75, 3.05) is 7.05 Å². The van der Waals surface area contributed by atoms with Crippen molar-refractivity contribution in [1.29, 1.82) is 5.26 Å². The summed E-state index contributed by atoms with van der Waals surface area (Å²) in [7, 11) is 1.79. The highest BCUT2D eigenvalue weighted by Crippen LogP contribution is 2.63. The number of nitriles is 1. The molecule has 0 aliphatic heterocycles. The van der Waals surface area contributed by atoms with Crippen molar-refractivity contribution >= 4 is 22.1 Å². The number of hydrogen-bond donors (Lipinski definition) is 0. The van der Waals surface area contributed by atoms with Gasteiger partial charge in [0.15, 0.2) is 0 Å². The first-order valence-corrected chi connectivity index (χ1v) is 11.0. The molecule has 0 fully saturated rings. The van der Waals surface area contributed by atoms with Gasteiger partial charge < -0.3 is 0 Å². The van der Waals surface area contributed by atoms with Crippen molar-refractivity contribution in [2.45, 2.75) is 5.41 Å². The number of fused-ring (bicyclic) bond motifs is 10. The van der Waals surface area contributed by atoms with E-state index in [0.29, 0.717) is 5.56 Å². The van der Waals surface area contributed by atoms with Gasteiger partial charge in [0, 0.05) is 23.3 Å². The van der Waals surface area contributed by atoms with Crippen molar-refractivity contribution < 1.29 is 0 Å². The molecule has 4 aromatic carbocycles. The first-order chi connectivity index (χ1) is 15.2. The van der Waals surface area contributed by atoms with Gasteiger partial charge in [-0.05, 0) is 68.8 Å². The molecule has 0 aromatic heterocycles. The summed E-state index contributed by atoms with van der Waals surface area (Å²) in [5, 5.41) is 9.59. The third kappa shape index (κ3) is 2.23. The second-order valence-corrected chi connectivity index (χ2v) is 8.88. The van der Waals surface area contributed by atoms with E-state index < -0.39 is 5.41 Å². The zero-order chi connectivity index (χ0) is 21.2. The van der Waals surface area contributed by atoms with Crippen LogP contribution in [0.3, 0.4) is 0 Å². The maximum Gasteiger partial charge on any atom is 0.0991 e. The first-order valence-electron chi connectivity index (χ1n) is 10.2. The summed E-state index contributed by atoms with van der Waals surface area (Å²) in [4.78, 5) is 4.21. The van der Waals surface area contributed by atoms with Gasteiger partial charge in [-0.3, -0.25) is 4.99 Å². The average molecular weight is 461 g/mol. The largest absolute Gasteiger partial charge is 0.296 e. The summed E-state index contributed by atoms with van der Waals surface area (Å²) in [6, 6.07) is 30.2. The van der Waals surface area contributed by atoms with Gasteiger partial charge in [-0.15, -0.1) is 0 Å². The molecule has 2 aliphatic rings. The van der Waals surface area contributed by atoms with Crippen LogP contribution in [0.1, 0.15) is 33.4 Å². The summed E-state index contributed by atoms with van der Waals surface area (Å²) in [5.41, 5.74) is 11.2. The van der Waals surface area contributed by atoms with E-state index in [2.05, 4.69) is 93.7 Å². The molecule has 1 unspecified atom stereocenters. The zero-order valence-corrected chi connectivity index (χ0v) is 18.4. The molecule has 1 atom stereocenters. The molecule has 3 heteroatoms. The topological polar surface area (TPSA) is 36.1 Å². The van der Waals surface area contributed by atoms with E-state index >= 15 is 0 Å². The predicted molar refractivity (Wildman–Crippen MR) is 129 cm³/mol. The van der Waals surface area contributed by atoms with Crippen molar-refractivity contribution in [1.82, 2.24) is 0 Å². The SMILES string of the molecule is C/N=C\c1ccc2c(c1)-c1cc(C#N)ccc1C21c2ccccc2-c2c(Br)cccc21. The molecule has 0 saturated heterocycles. The Morgan fingerprint density at radius 3 is 2.32 bits per heavy atom. The molecule has 2 nitrogen and oxygen atoms in total. The molecule has 2 aliphatic carbocycles. The Kier molecular flexibility index (Phi) is 3.84. The normalized spacial score (nSPS) is 17.3. The molecule has 0 N–H and O–H groups in total. The monoisotopic (exact) mass is 460 g/mol. The van der Waals surface area contributed by atoms with Gasteiger partial charge in [0.2, 0.25) is 0 Å². The van der Waals surface area contributed by atoms with Crippen molar-refractivity contribution in [3.05, 3.63) is 117 Å². The predicted octanol–water partition coefficient (Wildman–Crippen LogP) is 6.71. The molecule has 146 valence electrons. The van der Waals surface area contributed by atoms with Crippen LogP contribution in [-0.2, 0) is 5.41 Å². The van der Waals surface area contributed by atoms with Gasteiger partial charge in [0.1, 0.15) is 0 Å². The molecule has 0 saturated carbocycles. The van der Waals surface area contributed by atoms with E-state index in [-0.39, 0.29) is 0 Å². The van der Waals surface area contributed by atoms with E-state index in [1.807, 2.05) is 18.3 Å². The van der Waals surface area contributed by atoms with Gasteiger partial charge in [-0.2, -0.15) is 5.26 Å². The number of aliphatic imine (C=N–C) groups is 1. The smallest absolute Gasteiger partial charge is 0.0991 e. The summed E-state index contributed by atoms with van der Waals surface area (Å²) < 4.78 is 1.10. The summed E-state index contributed by atoms with van der Waals surface area (Å²) >= 11 is 3.82. The minimum absolute atomic E-state index is 0.393. The first kappa shape index (κ1) is 18.3. The van der Waals surface area contributed by atoms with Crippen LogP contribution in [0.4, 0.5) is 0 Å². The van der Waals surface area contributed by atoms with Gasteiger partial charge in [-0.25, -0.2) is 0 Å². The van der Waals surface area contributed by atoms with Crippen LogP contribution in [0.15, 0.2) is 88.3 Å². The lowest BCUT2D eigenvalue weighted by Crippen LogP contribution is -2.25. The highest BCUT2D eigenvalue weighted by Gasteiger charge is 2.52. The van der Waals surface area contributed by atoms with Crippen LogP contribution < -0.4 is 0 Å². The van der Waals surface area contributed by atoms with Crippen molar-refractivity contribution in [3.8, 4) is 28.3 Å². The second-order valence-electron chi connectivity index (χ2n) is 8.02. The fraction of sp³-hybridized carbons (Fsp3) is 0.0714. The van der Waals surface area contributed by atoms with Crippen LogP contribution in [0.2, 0.25) is 0 Å². The Hall–Kier alpha value is -3.48. The van der Waals surface area contributed by atoms with Crippen molar-refractivity contribution in [3.63, 3.8) is 0 Å². The van der Waals surface area contributed by atoms with Crippen molar-refractivity contribution in [2.24, 2.45) is 4.99 Å². The van der Waals surface area contributed by atoms with E-state index in [9.17, 15) is 5.26 Å². The zero-order valence-electron chi connectivity index (χ0n) is 16.9. The Labute approximate surface area is 189 Å². The highest BCUT2D eigenvalue weighted by atomic mass is 79.9. The minimum atomic E-state index is -0.393. The molecule has 6 rings (SSSR count). The molecule has 0 amide bonds. The number of benzene rings is 4. The average Bonchev–Trinajstić information content (AvgIpc) is 3.26. The lowest BCUT2D eigenvalue weighted by Gasteiger charge is -2.30. The molecular formula is C28H17BrN2. The van der Waals surface area contributed by atoms with E-state index in [4.69, 9.17) is 0 Å². The second kappa shape index (κ2) is 6.51. The standard InChI is InChI=1S/C28H17BrN2/c1-31-16-18-10-12-24-21(14-18)20-13-17(15-30)9-11-23(20)28(24)22-6-3-2-5-19(22)27-25(28)7-4-8-26(27)29/h2-14,16H,1H3/b31-16-. The summed E-state index contributed by atoms with van der Waals surface area (Å²) in [6.45, 7) is 0. The number of halogens is 1. The van der Waals surface area contributed by atoms with Crippen LogP contribution in [-0.4, -0.2) is 13.3 Å². The Bertz CT molecular complexity index is 1480. The lowest BCUT2D eigenvalue weighted by molar-refractivity contribution is 0.793. The van der Waals surface area contributed by atoms with Gasteiger partial charge >= 0.3 is 0 Å². The van der Waals surface area contributed by atoms with E-state index in [1.54, 1.807) is 7.05 Å². The van der Waals surface area contributed by atoms with Crippen LogP contribution in [0.5, 0.6) is 0 Å². The third-order valence-corrected chi connectivity index (χ3v) is 7.25. The van der Waals surface area contributed by atoms with Crippen LogP contribution in [0.25, 0.3) is 22.3 Å². The molecule has 0 radical (unpaired) electrons. The third-order valence-electron chi connectivity index (χ3n) is 6.59. The molecule has 1 spiro atoms. The van der Waals surface area contributed by atoms with Gasteiger partial charge in [0.05, 0.1) is 17.0 Å². The van der Waals surface area contributed by atoms with Gasteiger partial charge in [0.25, 0.3) is 0 Å². The fourth-order valence-corrected chi connectivity index (χ4v) is 6.09. The Balaban J connectivity index is 1.82. The molecule has 4 aromatic rings. The summed E-state index contributed by atoms with van der Waals surface area (Å²) in [5.74, 6) is 0. The lowest BCUT2D eigenvalue weighted by atomic mass is 9.70. The highest BCUT2D eigenvalue weighted by molar-refractivity contribution is 9.10. The quantitative estimate of drug-likeness (QED) is 0.251. The van der Waals surface area contributed by atoms with E-state index in [0.717, 1.165) is 15.6 Å². The van der Waals surface area contributed by atoms with Crippen LogP contribution >= 0.6 is 15.9 Å². The molecule has 0 bridgehead atoms. The molecular weight excluding hydrogens is 444 g/mol. The number of hydrogen-bond acceptors (Lipinski definition) is 2. The molecule has 31 heavy (non-hydrogen) atoms. The van der Waals surface area contributed by atoms with Gasteiger partial charge in [-0.1, -0.05) is 70.5 Å².